The van der Waals surface area contributed by atoms with Crippen LogP contribution in [0.15, 0.2) is 40.9 Å². The molecular formula is C17H19BrClN. The fraction of sp³-hybridized carbons (Fsp3) is 0.294. The van der Waals surface area contributed by atoms with Crippen LogP contribution in [0.25, 0.3) is 0 Å². The van der Waals surface area contributed by atoms with Crippen LogP contribution in [-0.2, 0) is 0 Å². The first kappa shape index (κ1) is 15.6. The third-order valence-electron chi connectivity index (χ3n) is 3.48. The molecule has 2 aromatic carbocycles. The van der Waals surface area contributed by atoms with Gasteiger partial charge in [-0.1, -0.05) is 58.7 Å². The third-order valence-corrected chi connectivity index (χ3v) is 4.61. The average Bonchev–Trinajstić information content (AvgIpc) is 2.42. The van der Waals surface area contributed by atoms with E-state index >= 15 is 0 Å². The summed E-state index contributed by atoms with van der Waals surface area (Å²) < 4.78 is 1.12. The molecule has 1 nitrogen and oxygen atoms in total. The second kappa shape index (κ2) is 6.75. The molecule has 2 aromatic rings. The summed E-state index contributed by atoms with van der Waals surface area (Å²) >= 11 is 9.87. The van der Waals surface area contributed by atoms with Gasteiger partial charge in [0.25, 0.3) is 0 Å². The Hall–Kier alpha value is -0.830. The van der Waals surface area contributed by atoms with Crippen LogP contribution >= 0.6 is 27.5 Å². The topological polar surface area (TPSA) is 12.0 Å². The van der Waals surface area contributed by atoms with E-state index in [1.807, 2.05) is 19.1 Å². The minimum absolute atomic E-state index is 0.173. The summed E-state index contributed by atoms with van der Waals surface area (Å²) in [6, 6.07) is 12.8. The van der Waals surface area contributed by atoms with Crippen molar-refractivity contribution in [3.05, 3.63) is 68.1 Å². The highest BCUT2D eigenvalue weighted by Crippen LogP contribution is 2.32. The second-order valence-corrected chi connectivity index (χ2v) is 6.23. The van der Waals surface area contributed by atoms with E-state index in [1.165, 1.54) is 16.7 Å². The highest BCUT2D eigenvalue weighted by atomic mass is 79.9. The van der Waals surface area contributed by atoms with Crippen LogP contribution in [0.2, 0.25) is 5.02 Å². The summed E-state index contributed by atoms with van der Waals surface area (Å²) in [5.74, 6) is 0. The first-order valence-corrected chi connectivity index (χ1v) is 7.96. The van der Waals surface area contributed by atoms with Crippen LogP contribution in [0.1, 0.15) is 35.2 Å². The molecule has 0 heterocycles. The van der Waals surface area contributed by atoms with Gasteiger partial charge < -0.3 is 5.32 Å². The zero-order valence-electron chi connectivity index (χ0n) is 12.0. The van der Waals surface area contributed by atoms with E-state index in [9.17, 15) is 0 Å². The molecule has 1 unspecified atom stereocenters. The lowest BCUT2D eigenvalue weighted by molar-refractivity contribution is 0.625. The molecule has 0 saturated heterocycles. The van der Waals surface area contributed by atoms with Crippen molar-refractivity contribution in [3.63, 3.8) is 0 Å². The molecule has 0 radical (unpaired) electrons. The van der Waals surface area contributed by atoms with Crippen LogP contribution in [0.5, 0.6) is 0 Å². The zero-order valence-corrected chi connectivity index (χ0v) is 14.3. The molecule has 106 valence electrons. The van der Waals surface area contributed by atoms with Crippen LogP contribution in [0.4, 0.5) is 0 Å². The number of aryl methyl sites for hydroxylation is 2. The molecule has 0 spiro atoms. The number of nitrogens with one attached hydrogen (secondary N) is 1. The first-order valence-electron chi connectivity index (χ1n) is 6.79. The van der Waals surface area contributed by atoms with Crippen molar-refractivity contribution in [1.29, 1.82) is 0 Å². The van der Waals surface area contributed by atoms with E-state index in [-0.39, 0.29) is 6.04 Å². The van der Waals surface area contributed by atoms with Crippen molar-refractivity contribution in [2.75, 3.05) is 6.54 Å². The Kier molecular flexibility index (Phi) is 5.25. The molecule has 3 heteroatoms. The third kappa shape index (κ3) is 3.25. The molecule has 0 aliphatic heterocycles. The quantitative estimate of drug-likeness (QED) is 0.775. The molecule has 0 aromatic heterocycles. The molecule has 20 heavy (non-hydrogen) atoms. The molecule has 0 aliphatic rings. The summed E-state index contributed by atoms with van der Waals surface area (Å²) in [7, 11) is 0. The lowest BCUT2D eigenvalue weighted by Gasteiger charge is -2.23. The number of hydrogen-bond donors (Lipinski definition) is 1. The normalized spacial score (nSPS) is 12.4. The lowest BCUT2D eigenvalue weighted by atomic mass is 9.93. The van der Waals surface area contributed by atoms with Crippen molar-refractivity contribution >= 4 is 27.5 Å². The van der Waals surface area contributed by atoms with Gasteiger partial charge in [-0.05, 0) is 54.8 Å². The molecule has 0 saturated carbocycles. The largest absolute Gasteiger partial charge is 0.306 e. The Balaban J connectivity index is 2.54. The van der Waals surface area contributed by atoms with E-state index < -0.39 is 0 Å². The fourth-order valence-corrected chi connectivity index (χ4v) is 3.15. The Morgan fingerprint density at radius 3 is 2.45 bits per heavy atom. The van der Waals surface area contributed by atoms with Gasteiger partial charge in [-0.25, -0.2) is 0 Å². The van der Waals surface area contributed by atoms with E-state index in [0.29, 0.717) is 0 Å². The minimum atomic E-state index is 0.173. The predicted octanol–water partition coefficient (Wildman–Crippen LogP) is 5.42. The molecule has 1 atom stereocenters. The van der Waals surface area contributed by atoms with E-state index in [4.69, 9.17) is 11.6 Å². The van der Waals surface area contributed by atoms with Crippen molar-refractivity contribution < 1.29 is 0 Å². The second-order valence-electron chi connectivity index (χ2n) is 4.97. The molecule has 2 rings (SSSR count). The predicted molar refractivity (Wildman–Crippen MR) is 90.6 cm³/mol. The molecule has 0 amide bonds. The standard InChI is InChI=1S/C17H19BrClN/c1-4-20-17(13-7-5-6-8-15(13)18)14-9-12(3)16(19)10-11(14)2/h5-10,17,20H,4H2,1-3H3. The smallest absolute Gasteiger partial charge is 0.0590 e. The highest BCUT2D eigenvalue weighted by molar-refractivity contribution is 9.10. The van der Waals surface area contributed by atoms with Gasteiger partial charge in [-0.15, -0.1) is 0 Å². The molecule has 1 N–H and O–H groups in total. The Morgan fingerprint density at radius 1 is 1.10 bits per heavy atom. The van der Waals surface area contributed by atoms with Gasteiger partial charge in [0.2, 0.25) is 0 Å². The summed E-state index contributed by atoms with van der Waals surface area (Å²) in [5.41, 5.74) is 4.85. The molecule has 0 aliphatic carbocycles. The highest BCUT2D eigenvalue weighted by Gasteiger charge is 2.18. The number of benzene rings is 2. The lowest BCUT2D eigenvalue weighted by Crippen LogP contribution is -2.23. The van der Waals surface area contributed by atoms with Crippen molar-refractivity contribution in [2.24, 2.45) is 0 Å². The maximum atomic E-state index is 6.22. The number of hydrogen-bond acceptors (Lipinski definition) is 1. The minimum Gasteiger partial charge on any atom is -0.306 e. The van der Waals surface area contributed by atoms with Gasteiger partial charge in [0.1, 0.15) is 0 Å². The molecular weight excluding hydrogens is 334 g/mol. The van der Waals surface area contributed by atoms with Crippen LogP contribution in [-0.4, -0.2) is 6.54 Å². The van der Waals surface area contributed by atoms with E-state index in [2.05, 4.69) is 59.4 Å². The molecule has 0 fully saturated rings. The van der Waals surface area contributed by atoms with Gasteiger partial charge in [-0.2, -0.15) is 0 Å². The SMILES string of the molecule is CCNC(c1cc(C)c(Cl)cc1C)c1ccccc1Br. The number of halogens is 2. The Morgan fingerprint density at radius 2 is 1.80 bits per heavy atom. The average molecular weight is 353 g/mol. The summed E-state index contributed by atoms with van der Waals surface area (Å²) in [6.45, 7) is 7.20. The maximum Gasteiger partial charge on any atom is 0.0590 e. The van der Waals surface area contributed by atoms with Crippen LogP contribution < -0.4 is 5.32 Å². The van der Waals surface area contributed by atoms with Gasteiger partial charge in [0.05, 0.1) is 6.04 Å². The summed E-state index contributed by atoms with van der Waals surface area (Å²) in [6.07, 6.45) is 0. The fourth-order valence-electron chi connectivity index (χ4n) is 2.42. The van der Waals surface area contributed by atoms with Crippen molar-refractivity contribution in [2.45, 2.75) is 26.8 Å². The van der Waals surface area contributed by atoms with Crippen LogP contribution in [0, 0.1) is 13.8 Å². The Bertz CT molecular complexity index is 610. The van der Waals surface area contributed by atoms with Gasteiger partial charge in [-0.3, -0.25) is 0 Å². The zero-order chi connectivity index (χ0) is 14.7. The van der Waals surface area contributed by atoms with Gasteiger partial charge in [0.15, 0.2) is 0 Å². The number of rotatable bonds is 4. The van der Waals surface area contributed by atoms with E-state index in [1.54, 1.807) is 0 Å². The summed E-state index contributed by atoms with van der Waals surface area (Å²) in [4.78, 5) is 0. The molecule has 0 bridgehead atoms. The summed E-state index contributed by atoms with van der Waals surface area (Å²) in [5, 5.41) is 4.40. The Labute approximate surface area is 134 Å². The first-order chi connectivity index (χ1) is 9.54. The maximum absolute atomic E-state index is 6.22. The van der Waals surface area contributed by atoms with Crippen LogP contribution in [0.3, 0.4) is 0 Å². The van der Waals surface area contributed by atoms with Gasteiger partial charge >= 0.3 is 0 Å². The van der Waals surface area contributed by atoms with E-state index in [0.717, 1.165) is 21.6 Å². The van der Waals surface area contributed by atoms with Crippen molar-refractivity contribution in [1.82, 2.24) is 5.32 Å². The van der Waals surface area contributed by atoms with Gasteiger partial charge in [0, 0.05) is 9.50 Å². The van der Waals surface area contributed by atoms with Crippen molar-refractivity contribution in [3.8, 4) is 0 Å². The monoisotopic (exact) mass is 351 g/mol.